The number of anilines is 1. The molecule has 156 valence electrons. The van der Waals surface area contributed by atoms with E-state index in [1.807, 2.05) is 0 Å². The number of fused-ring (bicyclic) bond motifs is 1. The number of benzodiazepines with no additional fused rings is 1. The Morgan fingerprint density at radius 2 is 1.70 bits per heavy atom. The first kappa shape index (κ1) is 19.9. The third kappa shape index (κ3) is 3.74. The quantitative estimate of drug-likeness (QED) is 0.807. The molecule has 9 heteroatoms. The van der Waals surface area contributed by atoms with E-state index in [1.54, 1.807) is 30.3 Å². The largest absolute Gasteiger partial charge is 0.335 e. The first-order valence-corrected chi connectivity index (χ1v) is 9.40. The summed E-state index contributed by atoms with van der Waals surface area (Å²) in [5, 5.41) is 4.84. The van der Waals surface area contributed by atoms with Gasteiger partial charge in [-0.2, -0.15) is 0 Å². The second kappa shape index (κ2) is 7.47. The van der Waals surface area contributed by atoms with Gasteiger partial charge in [0.05, 0.1) is 11.4 Å². The number of benzene rings is 2. The lowest BCUT2D eigenvalue weighted by Gasteiger charge is -2.35. The number of para-hydroxylation sites is 1. The summed E-state index contributed by atoms with van der Waals surface area (Å²) in [6, 6.07) is 11.4. The zero-order chi connectivity index (χ0) is 21.5. The highest BCUT2D eigenvalue weighted by Crippen LogP contribution is 2.37. The second-order valence-electron chi connectivity index (χ2n) is 7.35. The molecule has 1 aliphatic heterocycles. The standard InChI is InChI=1S/C21H19F3N4O2/c1-28-16-9-5-3-7-14(16)17(13-6-2-4-8-15(13)22)26-18(19(28)29)27-20(30)25-12-10-21(23,24)11-12/h2-9,12,18H,10-11H2,1H3,(H2,25,27,30). The minimum absolute atomic E-state index is 0.180. The number of halogens is 3. The van der Waals surface area contributed by atoms with Gasteiger partial charge in [0.25, 0.3) is 11.8 Å². The highest BCUT2D eigenvalue weighted by atomic mass is 19.3. The summed E-state index contributed by atoms with van der Waals surface area (Å²) in [5.41, 5.74) is 1.43. The van der Waals surface area contributed by atoms with Crippen molar-refractivity contribution in [3.8, 4) is 0 Å². The molecule has 0 spiro atoms. The average molecular weight is 416 g/mol. The van der Waals surface area contributed by atoms with Crippen LogP contribution in [0.3, 0.4) is 0 Å². The summed E-state index contributed by atoms with van der Waals surface area (Å²) in [6.45, 7) is 0. The van der Waals surface area contributed by atoms with Crippen LogP contribution < -0.4 is 15.5 Å². The van der Waals surface area contributed by atoms with Crippen molar-refractivity contribution in [1.82, 2.24) is 10.6 Å². The lowest BCUT2D eigenvalue weighted by molar-refractivity contribution is -0.120. The third-order valence-electron chi connectivity index (χ3n) is 5.17. The van der Waals surface area contributed by atoms with Crippen LogP contribution in [0.4, 0.5) is 23.7 Å². The van der Waals surface area contributed by atoms with Gasteiger partial charge in [-0.3, -0.25) is 4.79 Å². The van der Waals surface area contributed by atoms with Crippen molar-refractivity contribution in [2.24, 2.45) is 4.99 Å². The Bertz CT molecular complexity index is 1030. The number of hydrogen-bond acceptors (Lipinski definition) is 3. The minimum Gasteiger partial charge on any atom is -0.335 e. The SMILES string of the molecule is CN1C(=O)C(NC(=O)NC2CC(F)(F)C2)N=C(c2ccccc2F)c2ccccc21. The molecule has 0 radical (unpaired) electrons. The average Bonchev–Trinajstić information content (AvgIpc) is 2.78. The summed E-state index contributed by atoms with van der Waals surface area (Å²) in [6.07, 6.45) is -2.25. The Hall–Kier alpha value is -3.36. The van der Waals surface area contributed by atoms with Gasteiger partial charge in [0.15, 0.2) is 0 Å². The maximum atomic E-state index is 14.5. The van der Waals surface area contributed by atoms with Gasteiger partial charge < -0.3 is 15.5 Å². The molecule has 2 aliphatic rings. The fourth-order valence-corrected chi connectivity index (χ4v) is 3.60. The maximum Gasteiger partial charge on any atom is 0.317 e. The zero-order valence-corrected chi connectivity index (χ0v) is 16.0. The molecule has 2 aromatic rings. The summed E-state index contributed by atoms with van der Waals surface area (Å²) >= 11 is 0. The molecule has 0 aromatic heterocycles. The van der Waals surface area contributed by atoms with Crippen LogP contribution in [-0.2, 0) is 4.79 Å². The predicted octanol–water partition coefficient (Wildman–Crippen LogP) is 3.06. The molecule has 1 unspecified atom stereocenters. The summed E-state index contributed by atoms with van der Waals surface area (Å²) in [5.74, 6) is -3.85. The summed E-state index contributed by atoms with van der Waals surface area (Å²) < 4.78 is 40.5. The van der Waals surface area contributed by atoms with E-state index >= 15 is 0 Å². The molecule has 1 fully saturated rings. The molecule has 2 aromatic carbocycles. The number of hydrogen-bond donors (Lipinski definition) is 2. The van der Waals surface area contributed by atoms with Gasteiger partial charge in [-0.1, -0.05) is 30.3 Å². The normalized spacial score (nSPS) is 20.5. The molecule has 1 atom stereocenters. The molecule has 30 heavy (non-hydrogen) atoms. The van der Waals surface area contributed by atoms with Gasteiger partial charge in [-0.05, 0) is 18.2 Å². The smallest absolute Gasteiger partial charge is 0.317 e. The van der Waals surface area contributed by atoms with E-state index in [0.29, 0.717) is 11.3 Å². The number of aliphatic imine (C=N–C) groups is 1. The fraction of sp³-hybridized carbons (Fsp3) is 0.286. The first-order valence-electron chi connectivity index (χ1n) is 9.40. The van der Waals surface area contributed by atoms with E-state index in [2.05, 4.69) is 15.6 Å². The number of carbonyl (C=O) groups excluding carboxylic acids is 2. The van der Waals surface area contributed by atoms with Crippen molar-refractivity contribution >= 4 is 23.3 Å². The molecule has 1 aliphatic carbocycles. The van der Waals surface area contributed by atoms with Crippen molar-refractivity contribution in [3.63, 3.8) is 0 Å². The highest BCUT2D eigenvalue weighted by molar-refractivity contribution is 6.20. The van der Waals surface area contributed by atoms with E-state index in [9.17, 15) is 22.8 Å². The number of nitrogens with one attached hydrogen (secondary N) is 2. The Labute approximate surface area is 170 Å². The molecular weight excluding hydrogens is 397 g/mol. The molecule has 4 rings (SSSR count). The fourth-order valence-electron chi connectivity index (χ4n) is 3.60. The molecule has 1 heterocycles. The van der Waals surface area contributed by atoms with Crippen LogP contribution in [-0.4, -0.2) is 42.8 Å². The molecular formula is C21H19F3N4O2. The minimum atomic E-state index is -2.78. The number of carbonyl (C=O) groups is 2. The topological polar surface area (TPSA) is 73.8 Å². The summed E-state index contributed by atoms with van der Waals surface area (Å²) in [7, 11) is 1.53. The number of nitrogens with zero attached hydrogens (tertiary/aromatic N) is 2. The van der Waals surface area contributed by atoms with Crippen LogP contribution >= 0.6 is 0 Å². The van der Waals surface area contributed by atoms with Crippen molar-refractivity contribution in [1.29, 1.82) is 0 Å². The molecule has 6 nitrogen and oxygen atoms in total. The number of alkyl halides is 2. The summed E-state index contributed by atoms with van der Waals surface area (Å²) in [4.78, 5) is 30.9. The molecule has 1 saturated carbocycles. The first-order chi connectivity index (χ1) is 14.2. The predicted molar refractivity (Wildman–Crippen MR) is 105 cm³/mol. The van der Waals surface area contributed by atoms with Gasteiger partial charge in [0.2, 0.25) is 6.17 Å². The lowest BCUT2D eigenvalue weighted by Crippen LogP contribution is -2.56. The Balaban J connectivity index is 1.67. The van der Waals surface area contributed by atoms with Crippen molar-refractivity contribution in [3.05, 3.63) is 65.5 Å². The van der Waals surface area contributed by atoms with Gasteiger partial charge in [0, 0.05) is 37.1 Å². The van der Waals surface area contributed by atoms with Crippen LogP contribution in [0.15, 0.2) is 53.5 Å². The van der Waals surface area contributed by atoms with Crippen LogP contribution in [0, 0.1) is 5.82 Å². The Kier molecular flexibility index (Phi) is 4.97. The number of rotatable bonds is 3. The number of likely N-dealkylation sites (N-methyl/N-ethyl adjacent to an activating group) is 1. The van der Waals surface area contributed by atoms with Crippen LogP contribution in [0.5, 0.6) is 0 Å². The van der Waals surface area contributed by atoms with Crippen LogP contribution in [0.1, 0.15) is 24.0 Å². The molecule has 0 saturated heterocycles. The Morgan fingerprint density at radius 3 is 2.37 bits per heavy atom. The number of amides is 3. The maximum absolute atomic E-state index is 14.5. The van der Waals surface area contributed by atoms with Crippen LogP contribution in [0.25, 0.3) is 0 Å². The van der Waals surface area contributed by atoms with Crippen molar-refractivity contribution in [2.45, 2.75) is 31.0 Å². The van der Waals surface area contributed by atoms with E-state index in [1.165, 1.54) is 30.1 Å². The lowest BCUT2D eigenvalue weighted by atomic mass is 9.88. The van der Waals surface area contributed by atoms with E-state index in [4.69, 9.17) is 0 Å². The van der Waals surface area contributed by atoms with Gasteiger partial charge in [-0.15, -0.1) is 0 Å². The highest BCUT2D eigenvalue weighted by Gasteiger charge is 2.46. The van der Waals surface area contributed by atoms with Crippen molar-refractivity contribution < 1.29 is 22.8 Å². The van der Waals surface area contributed by atoms with Gasteiger partial charge >= 0.3 is 6.03 Å². The third-order valence-corrected chi connectivity index (χ3v) is 5.17. The van der Waals surface area contributed by atoms with Gasteiger partial charge in [-0.25, -0.2) is 23.0 Å². The number of urea groups is 1. The van der Waals surface area contributed by atoms with E-state index in [-0.39, 0.29) is 11.3 Å². The van der Waals surface area contributed by atoms with Crippen molar-refractivity contribution in [2.75, 3.05) is 11.9 Å². The van der Waals surface area contributed by atoms with E-state index in [0.717, 1.165) is 0 Å². The van der Waals surface area contributed by atoms with Gasteiger partial charge in [0.1, 0.15) is 5.82 Å². The molecule has 0 bridgehead atoms. The molecule has 3 amide bonds. The monoisotopic (exact) mass is 416 g/mol. The molecule has 2 N–H and O–H groups in total. The zero-order valence-electron chi connectivity index (χ0n) is 16.0. The van der Waals surface area contributed by atoms with E-state index < -0.39 is 48.7 Å². The van der Waals surface area contributed by atoms with Crippen LogP contribution in [0.2, 0.25) is 0 Å². The Morgan fingerprint density at radius 1 is 1.07 bits per heavy atom. The second-order valence-corrected chi connectivity index (χ2v) is 7.35.